The third-order valence-electron chi connectivity index (χ3n) is 6.02. The molecule has 0 saturated carbocycles. The van der Waals surface area contributed by atoms with Crippen LogP contribution in [-0.4, -0.2) is 152 Å². The van der Waals surface area contributed by atoms with Crippen molar-refractivity contribution in [1.29, 1.82) is 0 Å². The molecule has 0 N–H and O–H groups in total. The number of nitrogens with zero attached hydrogens (tertiary/aromatic N) is 7. The predicted molar refractivity (Wildman–Crippen MR) is 161 cm³/mol. The number of halogens is 3. The van der Waals surface area contributed by atoms with E-state index in [9.17, 15) is 0 Å². The van der Waals surface area contributed by atoms with E-state index in [2.05, 4.69) is 72.7 Å². The van der Waals surface area contributed by atoms with Gasteiger partial charge in [0.25, 0.3) is 0 Å². The van der Waals surface area contributed by atoms with Gasteiger partial charge in [-0.05, 0) is 110 Å². The highest BCUT2D eigenvalue weighted by molar-refractivity contribution is 7.16. The van der Waals surface area contributed by atoms with Crippen molar-refractivity contribution >= 4 is 56.5 Å². The first-order valence-electron chi connectivity index (χ1n) is 11.7. The normalized spacial score (nSPS) is 13.3. The van der Waals surface area contributed by atoms with Gasteiger partial charge in [-0.3, -0.25) is 13.7 Å². The van der Waals surface area contributed by atoms with Crippen LogP contribution in [0.3, 0.4) is 0 Å². The molecule has 0 spiro atoms. The summed E-state index contributed by atoms with van der Waals surface area (Å²) in [5.74, 6) is 0. The molecule has 0 rings (SSSR count). The van der Waals surface area contributed by atoms with E-state index in [0.717, 1.165) is 26.2 Å². The summed E-state index contributed by atoms with van der Waals surface area (Å²) in [6, 6.07) is 0. The zero-order valence-corrected chi connectivity index (χ0v) is 29.9. The van der Waals surface area contributed by atoms with Crippen LogP contribution in [-0.2, 0) is 0 Å². The van der Waals surface area contributed by atoms with E-state index in [1.165, 1.54) is 0 Å². The lowest BCUT2D eigenvalue weighted by molar-refractivity contribution is 0.374. The van der Waals surface area contributed by atoms with Gasteiger partial charge in [-0.1, -0.05) is 27.7 Å². The molecule has 0 heterocycles. The van der Waals surface area contributed by atoms with E-state index in [-0.39, 0.29) is 0 Å². The van der Waals surface area contributed by atoms with Gasteiger partial charge in [0, 0.05) is 0 Å². The molecule has 0 unspecified atom stereocenters. The lowest BCUT2D eigenvalue weighted by Gasteiger charge is -2.40. The molecular formula is C20H56Cl3N7Si3. The predicted octanol–water partition coefficient (Wildman–Crippen LogP) is 3.74. The zero-order valence-electron chi connectivity index (χ0n) is 24.6. The number of rotatable bonds is 11. The van der Waals surface area contributed by atoms with E-state index < -0.39 is 23.3 Å². The van der Waals surface area contributed by atoms with E-state index >= 15 is 0 Å². The van der Waals surface area contributed by atoms with Crippen molar-refractivity contribution in [2.24, 2.45) is 0 Å². The molecule has 33 heavy (non-hydrogen) atoms. The van der Waals surface area contributed by atoms with Gasteiger partial charge in [0.15, 0.2) is 0 Å². The Bertz CT molecular complexity index is 444. The van der Waals surface area contributed by atoms with Crippen molar-refractivity contribution in [1.82, 2.24) is 32.0 Å². The molecule has 0 atom stereocenters. The molecule has 0 fully saturated rings. The largest absolute Gasteiger partial charge is 0.391 e. The molecule has 204 valence electrons. The standard InChI is InChI=1S/C9H23ClN2Si.C6H18ClN3Si.C5H15ClN2Si/c1-6-11(7-2)13(5,10)12(8-3)9-4;1-8(2)11(7,9(3)4)10(5)6;1-7(2)9(5,6)8(3)4/h6-9H2,1-5H3;1-6H3;1-5H3. The maximum Gasteiger partial charge on any atom is 0.391 e. The van der Waals surface area contributed by atoms with Gasteiger partial charge in [-0.15, -0.1) is 33.2 Å². The van der Waals surface area contributed by atoms with Crippen molar-refractivity contribution in [3.63, 3.8) is 0 Å². The molecule has 13 heteroatoms. The van der Waals surface area contributed by atoms with E-state index in [4.69, 9.17) is 33.2 Å². The Balaban J connectivity index is -0.000000416. The topological polar surface area (TPSA) is 22.7 Å². The molecule has 0 aromatic rings. The highest BCUT2D eigenvalue weighted by atomic mass is 35.6. The molecule has 7 nitrogen and oxygen atoms in total. The van der Waals surface area contributed by atoms with Crippen LogP contribution in [0.25, 0.3) is 0 Å². The molecule has 0 aromatic heterocycles. The average Bonchev–Trinajstić information content (AvgIpc) is 2.68. The second-order valence-corrected chi connectivity index (χ2v) is 25.5. The Kier molecular flexibility index (Phi) is 20.7. The van der Waals surface area contributed by atoms with E-state index in [1.807, 2.05) is 70.5 Å². The fourth-order valence-electron chi connectivity index (χ4n) is 3.40. The van der Waals surface area contributed by atoms with Crippen molar-refractivity contribution in [2.45, 2.75) is 40.8 Å². The summed E-state index contributed by atoms with van der Waals surface area (Å²) in [7, 11) is 14.6. The van der Waals surface area contributed by atoms with Crippen molar-refractivity contribution in [2.75, 3.05) is 96.7 Å². The lowest BCUT2D eigenvalue weighted by Crippen LogP contribution is -2.65. The Morgan fingerprint density at radius 1 is 0.424 bits per heavy atom. The minimum absolute atomic E-state index is 1.05. The SMILES string of the molecule is CCN(CC)[Si](C)(Cl)N(CC)CC.CN(C)[Si](C)(Cl)N(C)C.CN(C)[Si](Cl)(N(C)C)N(C)C. The average molecular weight is 585 g/mol. The minimum atomic E-state index is -2.01. The lowest BCUT2D eigenvalue weighted by atomic mass is 10.7. The second-order valence-electron chi connectivity index (χ2n) is 9.18. The smallest absolute Gasteiger partial charge is 0.305 e. The molecule has 0 bridgehead atoms. The summed E-state index contributed by atoms with van der Waals surface area (Å²) in [5.41, 5.74) is 0. The minimum Gasteiger partial charge on any atom is -0.305 e. The summed E-state index contributed by atoms with van der Waals surface area (Å²) in [6.07, 6.45) is 0. The quantitative estimate of drug-likeness (QED) is 0.269. The van der Waals surface area contributed by atoms with Gasteiger partial charge in [-0.25, -0.2) is 0 Å². The van der Waals surface area contributed by atoms with Gasteiger partial charge in [0.2, 0.25) is 0 Å². The van der Waals surface area contributed by atoms with Crippen LogP contribution < -0.4 is 0 Å². The molecule has 0 aliphatic carbocycles. The second kappa shape index (κ2) is 17.7. The zero-order chi connectivity index (χ0) is 27.4. The third-order valence-corrected chi connectivity index (χ3v) is 22.8. The first-order valence-corrected chi connectivity index (χ1v) is 21.4. The fourth-order valence-corrected chi connectivity index (χ4v) is 10.7. The first-order chi connectivity index (χ1) is 14.8. The number of hydrogen-bond donors (Lipinski definition) is 0. The van der Waals surface area contributed by atoms with Crippen LogP contribution in [0.5, 0.6) is 0 Å². The van der Waals surface area contributed by atoms with Crippen molar-refractivity contribution < 1.29 is 0 Å². The molecule has 0 aliphatic rings. The first kappa shape index (κ1) is 38.8. The molecular weight excluding hydrogens is 529 g/mol. The van der Waals surface area contributed by atoms with Crippen LogP contribution in [0.15, 0.2) is 0 Å². The summed E-state index contributed by atoms with van der Waals surface area (Å²) >= 11 is 19.3. The van der Waals surface area contributed by atoms with Crippen molar-refractivity contribution in [3.05, 3.63) is 0 Å². The van der Waals surface area contributed by atoms with Gasteiger partial charge < -0.3 is 18.3 Å². The van der Waals surface area contributed by atoms with E-state index in [0.29, 0.717) is 0 Å². The maximum atomic E-state index is 6.66. The highest BCUT2D eigenvalue weighted by Crippen LogP contribution is 2.19. The summed E-state index contributed by atoms with van der Waals surface area (Å²) in [4.78, 5) is 0. The molecule has 0 aromatic carbocycles. The molecule has 0 amide bonds. The fraction of sp³-hybridized carbons (Fsp3) is 1.00. The Labute approximate surface area is 225 Å². The van der Waals surface area contributed by atoms with Crippen LogP contribution in [0.1, 0.15) is 27.7 Å². The van der Waals surface area contributed by atoms with Gasteiger partial charge in [0.1, 0.15) is 0 Å². The molecule has 0 saturated heterocycles. The Morgan fingerprint density at radius 3 is 0.697 bits per heavy atom. The summed E-state index contributed by atoms with van der Waals surface area (Å²) < 4.78 is 15.3. The summed E-state index contributed by atoms with van der Waals surface area (Å²) in [5, 5.41) is 0. The monoisotopic (exact) mass is 583 g/mol. The molecule has 0 radical (unpaired) electrons. The maximum absolute atomic E-state index is 6.66. The third kappa shape index (κ3) is 12.4. The van der Waals surface area contributed by atoms with Crippen LogP contribution >= 0.6 is 33.2 Å². The molecule has 0 aliphatic heterocycles. The van der Waals surface area contributed by atoms with Gasteiger partial charge >= 0.3 is 23.3 Å². The van der Waals surface area contributed by atoms with Crippen LogP contribution in [0.4, 0.5) is 0 Å². The Hall–Kier alpha value is 1.24. The Morgan fingerprint density at radius 2 is 0.636 bits per heavy atom. The summed E-state index contributed by atoms with van der Waals surface area (Å²) in [6.45, 7) is 17.3. The van der Waals surface area contributed by atoms with E-state index in [1.54, 1.807) is 0 Å². The highest BCUT2D eigenvalue weighted by Gasteiger charge is 2.41. The van der Waals surface area contributed by atoms with Gasteiger partial charge in [0.05, 0.1) is 0 Å². The van der Waals surface area contributed by atoms with Crippen LogP contribution in [0, 0.1) is 0 Å². The van der Waals surface area contributed by atoms with Crippen molar-refractivity contribution in [3.8, 4) is 0 Å². The number of hydrogen-bond acceptors (Lipinski definition) is 7. The van der Waals surface area contributed by atoms with Crippen LogP contribution in [0.2, 0.25) is 13.1 Å². The van der Waals surface area contributed by atoms with Gasteiger partial charge in [-0.2, -0.15) is 0 Å².